The van der Waals surface area contributed by atoms with Crippen LogP contribution in [0.5, 0.6) is 5.75 Å². The zero-order valence-corrected chi connectivity index (χ0v) is 19.6. The highest BCUT2D eigenvalue weighted by Crippen LogP contribution is 2.30. The maximum absolute atomic E-state index is 5.80. The molecule has 1 fully saturated rings. The van der Waals surface area contributed by atoms with E-state index in [1.165, 1.54) is 10.1 Å². The molecule has 4 aromatic rings. The molecule has 0 spiro atoms. The van der Waals surface area contributed by atoms with Crippen LogP contribution in [-0.4, -0.2) is 65.1 Å². The Balaban J connectivity index is 1.05. The first-order chi connectivity index (χ1) is 15.8. The fourth-order valence-electron chi connectivity index (χ4n) is 3.85. The van der Waals surface area contributed by atoms with Crippen molar-refractivity contribution >= 4 is 39.2 Å². The third kappa shape index (κ3) is 4.74. The van der Waals surface area contributed by atoms with Crippen LogP contribution in [0.15, 0.2) is 58.2 Å². The third-order valence-corrected chi connectivity index (χ3v) is 7.34. The topological polar surface area (TPSA) is 67.5 Å². The van der Waals surface area contributed by atoms with Gasteiger partial charge in [0.1, 0.15) is 11.6 Å². The van der Waals surface area contributed by atoms with E-state index in [1.54, 1.807) is 30.4 Å². The Morgan fingerprint density at radius 1 is 1.03 bits per heavy atom. The van der Waals surface area contributed by atoms with Crippen LogP contribution in [0.3, 0.4) is 0 Å². The minimum Gasteiger partial charge on any atom is -0.497 e. The highest BCUT2D eigenvalue weighted by atomic mass is 32.2. The van der Waals surface area contributed by atoms with E-state index in [0.29, 0.717) is 11.1 Å². The van der Waals surface area contributed by atoms with E-state index in [0.717, 1.165) is 62.0 Å². The molecule has 0 atom stereocenters. The van der Waals surface area contributed by atoms with Crippen LogP contribution in [0.25, 0.3) is 21.5 Å². The fraction of sp³-hybridized carbons (Fsp3) is 0.348. The molecule has 1 aliphatic rings. The summed E-state index contributed by atoms with van der Waals surface area (Å²) in [6, 6.07) is 16.1. The Bertz CT molecular complexity index is 1150. The molecule has 2 aromatic carbocycles. The quantitative estimate of drug-likeness (QED) is 0.274. The molecule has 0 N–H and O–H groups in total. The van der Waals surface area contributed by atoms with E-state index >= 15 is 0 Å². The second kappa shape index (κ2) is 9.89. The number of rotatable bonds is 8. The van der Waals surface area contributed by atoms with Crippen molar-refractivity contribution in [3.63, 3.8) is 0 Å². The van der Waals surface area contributed by atoms with E-state index in [4.69, 9.17) is 13.5 Å². The molecule has 0 amide bonds. The number of piperazine rings is 1. The summed E-state index contributed by atoms with van der Waals surface area (Å²) in [5.74, 6) is 3.45. The molecule has 1 saturated heterocycles. The van der Waals surface area contributed by atoms with Crippen molar-refractivity contribution in [1.29, 1.82) is 0 Å². The van der Waals surface area contributed by atoms with Crippen molar-refractivity contribution in [3.05, 3.63) is 48.5 Å². The summed E-state index contributed by atoms with van der Waals surface area (Å²) in [4.78, 5) is 4.95. The lowest BCUT2D eigenvalue weighted by molar-refractivity contribution is 0.259. The van der Waals surface area contributed by atoms with Crippen LogP contribution < -0.4 is 9.64 Å². The van der Waals surface area contributed by atoms with E-state index in [1.807, 2.05) is 24.3 Å². The van der Waals surface area contributed by atoms with Gasteiger partial charge in [-0.1, -0.05) is 23.9 Å². The Morgan fingerprint density at radius 2 is 1.84 bits per heavy atom. The van der Waals surface area contributed by atoms with Crippen LogP contribution in [0.4, 0.5) is 5.82 Å². The minimum absolute atomic E-state index is 0.542. The molecule has 7 nitrogen and oxygen atoms in total. The maximum atomic E-state index is 5.80. The van der Waals surface area contributed by atoms with E-state index in [-0.39, 0.29) is 0 Å². The average molecular weight is 468 g/mol. The number of benzene rings is 2. The number of nitrogens with zero attached hydrogens (tertiary/aromatic N) is 5. The number of hydrogen-bond donors (Lipinski definition) is 0. The van der Waals surface area contributed by atoms with Gasteiger partial charge in [-0.3, -0.25) is 4.90 Å². The summed E-state index contributed by atoms with van der Waals surface area (Å²) >= 11 is 3.21. The molecule has 3 heterocycles. The zero-order valence-electron chi connectivity index (χ0n) is 17.9. The van der Waals surface area contributed by atoms with Crippen molar-refractivity contribution < 1.29 is 9.15 Å². The molecule has 166 valence electrons. The lowest BCUT2D eigenvalue weighted by Crippen LogP contribution is -2.46. The minimum atomic E-state index is 0.542. The molecule has 1 aliphatic heterocycles. The van der Waals surface area contributed by atoms with Gasteiger partial charge in [-0.15, -0.1) is 10.2 Å². The van der Waals surface area contributed by atoms with Crippen LogP contribution in [0.2, 0.25) is 0 Å². The zero-order chi connectivity index (χ0) is 21.8. The first kappa shape index (κ1) is 21.2. The molecule has 32 heavy (non-hydrogen) atoms. The van der Waals surface area contributed by atoms with Gasteiger partial charge in [-0.25, -0.2) is 0 Å². The maximum Gasteiger partial charge on any atom is 0.276 e. The largest absolute Gasteiger partial charge is 0.497 e. The molecule has 0 bridgehead atoms. The van der Waals surface area contributed by atoms with Gasteiger partial charge in [0, 0.05) is 42.9 Å². The lowest BCUT2D eigenvalue weighted by Gasteiger charge is -2.35. The summed E-state index contributed by atoms with van der Waals surface area (Å²) in [6.45, 7) is 5.26. The summed E-state index contributed by atoms with van der Waals surface area (Å²) in [5, 5.41) is 10.2. The van der Waals surface area contributed by atoms with Crippen molar-refractivity contribution in [1.82, 2.24) is 19.5 Å². The number of thioether (sulfide) groups is 1. The Labute approximate surface area is 195 Å². The predicted molar refractivity (Wildman–Crippen MR) is 130 cm³/mol. The van der Waals surface area contributed by atoms with E-state index in [2.05, 4.69) is 44.3 Å². The number of ether oxygens (including phenoxy) is 1. The average Bonchev–Trinajstić information content (AvgIpc) is 3.50. The smallest absolute Gasteiger partial charge is 0.276 e. The van der Waals surface area contributed by atoms with Gasteiger partial charge in [-0.05, 0) is 60.9 Å². The van der Waals surface area contributed by atoms with Gasteiger partial charge in [0.2, 0.25) is 5.89 Å². The molecule has 2 aromatic heterocycles. The second-order valence-corrected chi connectivity index (χ2v) is 9.49. The summed E-state index contributed by atoms with van der Waals surface area (Å²) < 4.78 is 17.0. The molecule has 0 radical (unpaired) electrons. The Kier molecular flexibility index (Phi) is 6.56. The van der Waals surface area contributed by atoms with Crippen molar-refractivity contribution in [2.24, 2.45) is 0 Å². The Morgan fingerprint density at radius 3 is 2.66 bits per heavy atom. The molecule has 0 aliphatic carbocycles. The number of fused-ring (bicyclic) bond motifs is 1. The number of aromatic nitrogens is 3. The standard InChI is InChI=1S/C23H25N5O2S2/c1-29-18-9-7-17(8-10-18)22-24-25-23(30-22)31-16-4-11-27-12-14-28(15-13-27)21-19-5-2-3-6-20(19)32-26-21/h2-3,5-10H,4,11-16H2,1H3. The monoisotopic (exact) mass is 467 g/mol. The van der Waals surface area contributed by atoms with Gasteiger partial charge in [-0.2, -0.15) is 4.37 Å². The summed E-state index contributed by atoms with van der Waals surface area (Å²) in [7, 11) is 1.65. The molecule has 9 heteroatoms. The number of methoxy groups -OCH3 is 1. The summed E-state index contributed by atoms with van der Waals surface area (Å²) in [6.07, 6.45) is 1.09. The van der Waals surface area contributed by atoms with Crippen LogP contribution >= 0.6 is 23.3 Å². The lowest BCUT2D eigenvalue weighted by atomic mass is 10.2. The highest BCUT2D eigenvalue weighted by Gasteiger charge is 2.20. The van der Waals surface area contributed by atoms with Crippen molar-refractivity contribution in [2.45, 2.75) is 11.6 Å². The van der Waals surface area contributed by atoms with E-state index < -0.39 is 0 Å². The second-order valence-electron chi connectivity index (χ2n) is 7.63. The van der Waals surface area contributed by atoms with E-state index in [9.17, 15) is 0 Å². The van der Waals surface area contributed by atoms with Crippen molar-refractivity contribution in [2.75, 3.05) is 50.5 Å². The number of hydrogen-bond acceptors (Lipinski definition) is 9. The number of anilines is 1. The van der Waals surface area contributed by atoms with Gasteiger partial charge < -0.3 is 14.1 Å². The van der Waals surface area contributed by atoms with Crippen LogP contribution in [-0.2, 0) is 0 Å². The highest BCUT2D eigenvalue weighted by molar-refractivity contribution is 7.99. The van der Waals surface area contributed by atoms with Gasteiger partial charge >= 0.3 is 0 Å². The third-order valence-electron chi connectivity index (χ3n) is 5.62. The van der Waals surface area contributed by atoms with Gasteiger partial charge in [0.15, 0.2) is 0 Å². The molecular weight excluding hydrogens is 442 g/mol. The molecular formula is C23H25N5O2S2. The van der Waals surface area contributed by atoms with Gasteiger partial charge in [0.05, 0.1) is 11.8 Å². The van der Waals surface area contributed by atoms with Crippen molar-refractivity contribution in [3.8, 4) is 17.2 Å². The van der Waals surface area contributed by atoms with Crippen LogP contribution in [0, 0.1) is 0 Å². The molecule has 5 rings (SSSR count). The molecule has 0 unspecified atom stereocenters. The Hall–Kier alpha value is -2.62. The first-order valence-corrected chi connectivity index (χ1v) is 12.5. The fourth-order valence-corrected chi connectivity index (χ4v) is 5.33. The summed E-state index contributed by atoms with van der Waals surface area (Å²) in [5.41, 5.74) is 0.899. The molecule has 0 saturated carbocycles. The van der Waals surface area contributed by atoms with Gasteiger partial charge in [0.25, 0.3) is 5.22 Å². The first-order valence-electron chi connectivity index (χ1n) is 10.7. The predicted octanol–water partition coefficient (Wildman–Crippen LogP) is 4.66. The normalized spacial score (nSPS) is 14.8. The SMILES string of the molecule is COc1ccc(-c2nnc(SCCCN3CCN(c4nsc5ccccc45)CC3)o2)cc1. The van der Waals surface area contributed by atoms with Crippen LogP contribution in [0.1, 0.15) is 6.42 Å².